The van der Waals surface area contributed by atoms with Gasteiger partial charge in [-0.1, -0.05) is 54.6 Å². The molecule has 4 nitrogen and oxygen atoms in total. The van der Waals surface area contributed by atoms with Crippen molar-refractivity contribution in [1.82, 2.24) is 0 Å². The molecule has 1 aromatic heterocycles. The molecule has 2 heterocycles. The summed E-state index contributed by atoms with van der Waals surface area (Å²) in [5.41, 5.74) is 3.74. The van der Waals surface area contributed by atoms with Crippen LogP contribution in [0, 0.1) is 0 Å². The Kier molecular flexibility index (Phi) is 4.79. The Hall–Kier alpha value is -2.89. The minimum Gasteiger partial charge on any atom is -0.477 e. The monoisotopic (exact) mass is 409 g/mol. The van der Waals surface area contributed by atoms with Gasteiger partial charge in [-0.3, -0.25) is 4.79 Å². The largest absolute Gasteiger partial charge is 0.477 e. The van der Waals surface area contributed by atoms with Gasteiger partial charge in [-0.05, 0) is 40.5 Å². The molecule has 3 aromatic rings. The summed E-state index contributed by atoms with van der Waals surface area (Å²) in [6.45, 7) is 4.33. The van der Waals surface area contributed by atoms with E-state index in [0.717, 1.165) is 27.1 Å². The molecule has 0 atom stereocenters. The van der Waals surface area contributed by atoms with Crippen LogP contribution in [0.4, 0.5) is 5.69 Å². The minimum absolute atomic E-state index is 0.143. The van der Waals surface area contributed by atoms with Gasteiger partial charge in [0.2, 0.25) is 5.91 Å². The van der Waals surface area contributed by atoms with Crippen LogP contribution < -0.4 is 4.90 Å². The van der Waals surface area contributed by atoms with Gasteiger partial charge in [0, 0.05) is 9.90 Å². The van der Waals surface area contributed by atoms with Crippen LogP contribution in [0.5, 0.6) is 0 Å². The molecule has 140 valence electrons. The van der Waals surface area contributed by atoms with E-state index in [0.29, 0.717) is 10.7 Å². The molecule has 0 fully saturated rings. The standard InChI is InChI=1S/C22H16ClNO3S/c1-13-12-24(20(25)9-15-7-8-16(23)10-17(13)15)18-11-19(28-21(18)22(26)27)14-5-3-2-4-6-14/h2-8,10-11H,1,9,12H2,(H,26,27). The van der Waals surface area contributed by atoms with Crippen LogP contribution in [-0.4, -0.2) is 23.5 Å². The highest BCUT2D eigenvalue weighted by atomic mass is 35.5. The molecular weight excluding hydrogens is 394 g/mol. The number of carboxylic acid groups (broad SMARTS) is 1. The van der Waals surface area contributed by atoms with Crippen molar-refractivity contribution in [3.8, 4) is 10.4 Å². The molecule has 0 saturated carbocycles. The number of anilines is 1. The highest BCUT2D eigenvalue weighted by Gasteiger charge is 2.29. The minimum atomic E-state index is -1.05. The molecule has 4 rings (SSSR count). The summed E-state index contributed by atoms with van der Waals surface area (Å²) in [4.78, 5) is 27.3. The third kappa shape index (κ3) is 3.35. The van der Waals surface area contributed by atoms with Crippen LogP contribution in [0.2, 0.25) is 5.02 Å². The van der Waals surface area contributed by atoms with Gasteiger partial charge in [-0.25, -0.2) is 4.79 Å². The Balaban J connectivity index is 1.78. The first-order valence-corrected chi connectivity index (χ1v) is 9.83. The van der Waals surface area contributed by atoms with E-state index < -0.39 is 5.97 Å². The molecule has 2 aromatic carbocycles. The maximum atomic E-state index is 13.0. The molecule has 28 heavy (non-hydrogen) atoms. The lowest BCUT2D eigenvalue weighted by Crippen LogP contribution is -2.32. The number of hydrogen-bond donors (Lipinski definition) is 1. The van der Waals surface area contributed by atoms with Crippen molar-refractivity contribution in [3.63, 3.8) is 0 Å². The van der Waals surface area contributed by atoms with Gasteiger partial charge in [0.25, 0.3) is 0 Å². The fourth-order valence-electron chi connectivity index (χ4n) is 3.35. The second kappa shape index (κ2) is 7.26. The van der Waals surface area contributed by atoms with E-state index in [1.807, 2.05) is 36.4 Å². The van der Waals surface area contributed by atoms with Gasteiger partial charge in [0.1, 0.15) is 4.88 Å². The van der Waals surface area contributed by atoms with Crippen LogP contribution in [0.1, 0.15) is 20.8 Å². The number of benzene rings is 2. The molecule has 0 spiro atoms. The normalized spacial score (nSPS) is 14.0. The molecule has 1 aliphatic heterocycles. The number of halogens is 1. The van der Waals surface area contributed by atoms with Gasteiger partial charge in [-0.15, -0.1) is 11.3 Å². The zero-order valence-electron chi connectivity index (χ0n) is 14.8. The zero-order valence-corrected chi connectivity index (χ0v) is 16.4. The van der Waals surface area contributed by atoms with Crippen molar-refractivity contribution in [2.45, 2.75) is 6.42 Å². The number of carbonyl (C=O) groups excluding carboxylic acids is 1. The molecule has 1 amide bonds. The zero-order chi connectivity index (χ0) is 19.8. The SMILES string of the molecule is C=C1CN(c2cc(-c3ccccc3)sc2C(=O)O)C(=O)Cc2ccc(Cl)cc21. The lowest BCUT2D eigenvalue weighted by molar-refractivity contribution is -0.117. The Morgan fingerprint density at radius 1 is 1.14 bits per heavy atom. The smallest absolute Gasteiger partial charge is 0.348 e. The maximum absolute atomic E-state index is 13.0. The Morgan fingerprint density at radius 2 is 1.89 bits per heavy atom. The Morgan fingerprint density at radius 3 is 2.61 bits per heavy atom. The fraction of sp³-hybridized carbons (Fsp3) is 0.0909. The Labute approximate surface area is 171 Å². The first-order chi connectivity index (χ1) is 13.4. The number of hydrogen-bond acceptors (Lipinski definition) is 3. The molecule has 1 aliphatic rings. The number of fused-ring (bicyclic) bond motifs is 1. The predicted octanol–water partition coefficient (Wildman–Crippen LogP) is 5.37. The van der Waals surface area contributed by atoms with E-state index in [1.54, 1.807) is 18.2 Å². The summed E-state index contributed by atoms with van der Waals surface area (Å²) in [5, 5.41) is 10.3. The summed E-state index contributed by atoms with van der Waals surface area (Å²) < 4.78 is 0. The van der Waals surface area contributed by atoms with Gasteiger partial charge in [-0.2, -0.15) is 0 Å². The summed E-state index contributed by atoms with van der Waals surface area (Å²) in [6.07, 6.45) is 0.168. The second-order valence-electron chi connectivity index (χ2n) is 6.56. The lowest BCUT2D eigenvalue weighted by atomic mass is 10.0. The predicted molar refractivity (Wildman–Crippen MR) is 113 cm³/mol. The van der Waals surface area contributed by atoms with E-state index in [-0.39, 0.29) is 23.7 Å². The van der Waals surface area contributed by atoms with Crippen LogP contribution in [0.25, 0.3) is 16.0 Å². The third-order valence-electron chi connectivity index (χ3n) is 4.70. The quantitative estimate of drug-likeness (QED) is 0.632. The number of thiophene rings is 1. The van der Waals surface area contributed by atoms with Crippen molar-refractivity contribution >= 4 is 46.1 Å². The molecule has 6 heteroatoms. The van der Waals surface area contributed by atoms with Crippen LogP contribution in [0.15, 0.2) is 61.2 Å². The van der Waals surface area contributed by atoms with E-state index >= 15 is 0 Å². The summed E-state index contributed by atoms with van der Waals surface area (Å²) >= 11 is 7.27. The highest BCUT2D eigenvalue weighted by molar-refractivity contribution is 7.18. The van der Waals surface area contributed by atoms with E-state index in [4.69, 9.17) is 11.6 Å². The number of amides is 1. The first kappa shape index (κ1) is 18.5. The van der Waals surface area contributed by atoms with E-state index in [1.165, 1.54) is 16.2 Å². The fourth-order valence-corrected chi connectivity index (χ4v) is 4.53. The summed E-state index contributed by atoms with van der Waals surface area (Å²) in [5.74, 6) is -1.22. The average Bonchev–Trinajstić information content (AvgIpc) is 3.08. The number of carboxylic acids is 1. The van der Waals surface area contributed by atoms with Crippen LogP contribution in [0.3, 0.4) is 0 Å². The maximum Gasteiger partial charge on any atom is 0.348 e. The molecule has 0 aliphatic carbocycles. The van der Waals surface area contributed by atoms with E-state index in [2.05, 4.69) is 6.58 Å². The van der Waals surface area contributed by atoms with Gasteiger partial charge in [0.05, 0.1) is 18.7 Å². The third-order valence-corrected chi connectivity index (χ3v) is 6.10. The highest BCUT2D eigenvalue weighted by Crippen LogP contribution is 2.39. The summed E-state index contributed by atoms with van der Waals surface area (Å²) in [6, 6.07) is 16.7. The average molecular weight is 410 g/mol. The van der Waals surface area contributed by atoms with Crippen LogP contribution in [-0.2, 0) is 11.2 Å². The topological polar surface area (TPSA) is 57.6 Å². The summed E-state index contributed by atoms with van der Waals surface area (Å²) in [7, 11) is 0. The number of nitrogens with zero attached hydrogens (tertiary/aromatic N) is 1. The van der Waals surface area contributed by atoms with Crippen molar-refractivity contribution in [2.75, 3.05) is 11.4 Å². The second-order valence-corrected chi connectivity index (χ2v) is 8.05. The molecule has 0 bridgehead atoms. The molecule has 0 unspecified atom stereocenters. The number of aromatic carboxylic acids is 1. The number of rotatable bonds is 3. The van der Waals surface area contributed by atoms with Gasteiger partial charge < -0.3 is 10.0 Å². The van der Waals surface area contributed by atoms with Crippen molar-refractivity contribution in [1.29, 1.82) is 0 Å². The van der Waals surface area contributed by atoms with Gasteiger partial charge >= 0.3 is 5.97 Å². The van der Waals surface area contributed by atoms with Crippen LogP contribution >= 0.6 is 22.9 Å². The molecule has 0 saturated heterocycles. The van der Waals surface area contributed by atoms with Crippen molar-refractivity contribution in [3.05, 3.63) is 82.2 Å². The van der Waals surface area contributed by atoms with Crippen molar-refractivity contribution < 1.29 is 14.7 Å². The number of carbonyl (C=O) groups is 2. The molecular formula is C22H16ClNO3S. The van der Waals surface area contributed by atoms with E-state index in [9.17, 15) is 14.7 Å². The molecule has 0 radical (unpaired) electrons. The Bertz CT molecular complexity index is 1100. The first-order valence-electron chi connectivity index (χ1n) is 8.63. The van der Waals surface area contributed by atoms with Crippen molar-refractivity contribution in [2.24, 2.45) is 0 Å². The lowest BCUT2D eigenvalue weighted by Gasteiger charge is -2.20. The molecule has 1 N–H and O–H groups in total. The van der Waals surface area contributed by atoms with Gasteiger partial charge in [0.15, 0.2) is 0 Å².